The van der Waals surface area contributed by atoms with Crippen LogP contribution in [0.2, 0.25) is 0 Å². The first-order valence-electron chi connectivity index (χ1n) is 11.2. The molecule has 0 fully saturated rings. The summed E-state index contributed by atoms with van der Waals surface area (Å²) in [6, 6.07) is 6.90. The number of thiophene rings is 1. The lowest BCUT2D eigenvalue weighted by atomic mass is 9.89. The number of rotatable bonds is 6. The van der Waals surface area contributed by atoms with Crippen LogP contribution in [0.5, 0.6) is 0 Å². The fraction of sp³-hybridized carbons (Fsp3) is 0.375. The van der Waals surface area contributed by atoms with Crippen LogP contribution in [-0.4, -0.2) is 37.0 Å². The van der Waals surface area contributed by atoms with Crippen LogP contribution in [0.1, 0.15) is 53.8 Å². The predicted octanol–water partition coefficient (Wildman–Crippen LogP) is 4.96. The van der Waals surface area contributed by atoms with E-state index in [1.807, 2.05) is 4.40 Å². The highest BCUT2D eigenvalue weighted by molar-refractivity contribution is 7.99. The molecule has 1 N–H and O–H groups in total. The molecule has 0 aliphatic heterocycles. The van der Waals surface area contributed by atoms with E-state index in [2.05, 4.69) is 29.4 Å². The number of amides is 1. The Morgan fingerprint density at radius 2 is 2.03 bits per heavy atom. The summed E-state index contributed by atoms with van der Waals surface area (Å²) in [6.45, 7) is 5.91. The summed E-state index contributed by atoms with van der Waals surface area (Å²) in [5.41, 5.74) is 3.51. The van der Waals surface area contributed by atoms with Crippen molar-refractivity contribution in [3.63, 3.8) is 0 Å². The number of ketones is 1. The molecular weight excluding hydrogens is 454 g/mol. The first-order valence-corrected chi connectivity index (χ1v) is 13.0. The number of benzene rings is 1. The monoisotopic (exact) mass is 479 g/mol. The van der Waals surface area contributed by atoms with E-state index in [0.29, 0.717) is 22.3 Å². The van der Waals surface area contributed by atoms with Gasteiger partial charge >= 0.3 is 0 Å². The zero-order valence-corrected chi connectivity index (χ0v) is 20.5. The minimum atomic E-state index is -0.138. The summed E-state index contributed by atoms with van der Waals surface area (Å²) in [4.78, 5) is 31.4. The molecule has 9 heteroatoms. The van der Waals surface area contributed by atoms with Crippen molar-refractivity contribution < 1.29 is 9.59 Å². The van der Waals surface area contributed by atoms with Crippen molar-refractivity contribution >= 4 is 56.3 Å². The van der Waals surface area contributed by atoms with Crippen molar-refractivity contribution in [2.24, 2.45) is 5.92 Å². The second-order valence-electron chi connectivity index (χ2n) is 8.53. The minimum absolute atomic E-state index is 0.00189. The van der Waals surface area contributed by atoms with Crippen molar-refractivity contribution in [2.45, 2.75) is 51.6 Å². The van der Waals surface area contributed by atoms with Crippen molar-refractivity contribution in [3.8, 4) is 0 Å². The van der Waals surface area contributed by atoms with Crippen molar-refractivity contribution in [2.75, 3.05) is 11.1 Å². The Kier molecular flexibility index (Phi) is 5.92. The summed E-state index contributed by atoms with van der Waals surface area (Å²) in [5.74, 6) is 1.68. The van der Waals surface area contributed by atoms with Crippen LogP contribution >= 0.6 is 23.1 Å². The Morgan fingerprint density at radius 3 is 2.76 bits per heavy atom. The van der Waals surface area contributed by atoms with E-state index in [4.69, 9.17) is 4.98 Å². The van der Waals surface area contributed by atoms with Crippen LogP contribution in [0, 0.1) is 5.92 Å². The van der Waals surface area contributed by atoms with Gasteiger partial charge in [-0.2, -0.15) is 0 Å². The van der Waals surface area contributed by atoms with Crippen LogP contribution in [-0.2, 0) is 24.1 Å². The van der Waals surface area contributed by atoms with Crippen molar-refractivity contribution in [1.29, 1.82) is 0 Å². The van der Waals surface area contributed by atoms with Gasteiger partial charge in [0, 0.05) is 22.5 Å². The second kappa shape index (κ2) is 8.87. The lowest BCUT2D eigenvalue weighted by Crippen LogP contribution is -2.14. The summed E-state index contributed by atoms with van der Waals surface area (Å²) >= 11 is 3.15. The smallest absolute Gasteiger partial charge is 0.234 e. The molecule has 1 aromatic carbocycles. The molecule has 1 aliphatic rings. The fourth-order valence-electron chi connectivity index (χ4n) is 4.32. The number of Topliss-reactive ketones (excluding diaryl/α,β-unsaturated/α-hetero) is 1. The molecule has 3 aromatic heterocycles. The highest BCUT2D eigenvalue weighted by atomic mass is 32.2. The Labute approximate surface area is 200 Å². The zero-order valence-electron chi connectivity index (χ0n) is 18.8. The number of fused-ring (bicyclic) bond motifs is 5. The number of carbonyl (C=O) groups is 2. The molecule has 4 aromatic rings. The summed E-state index contributed by atoms with van der Waals surface area (Å²) in [6.07, 6.45) is 4.10. The maximum Gasteiger partial charge on any atom is 0.234 e. The molecule has 170 valence electrons. The van der Waals surface area contributed by atoms with Gasteiger partial charge in [0.1, 0.15) is 10.7 Å². The fourth-order valence-corrected chi connectivity index (χ4v) is 6.47. The van der Waals surface area contributed by atoms with Gasteiger partial charge in [-0.15, -0.1) is 21.5 Å². The van der Waals surface area contributed by atoms with Crippen molar-refractivity contribution in [1.82, 2.24) is 19.6 Å². The van der Waals surface area contributed by atoms with Gasteiger partial charge in [0.2, 0.25) is 5.91 Å². The Balaban J connectivity index is 1.40. The molecule has 5 rings (SSSR count). The second-order valence-corrected chi connectivity index (χ2v) is 10.6. The summed E-state index contributed by atoms with van der Waals surface area (Å²) < 4.78 is 2.02. The van der Waals surface area contributed by atoms with Crippen LogP contribution in [0.4, 0.5) is 5.69 Å². The molecule has 0 spiro atoms. The third-order valence-corrected chi connectivity index (χ3v) is 8.14. The molecule has 0 unspecified atom stereocenters. The quantitative estimate of drug-likeness (QED) is 0.311. The number of nitrogens with zero attached hydrogens (tertiary/aromatic N) is 4. The number of aromatic nitrogens is 4. The normalized spacial score (nSPS) is 15.7. The van der Waals surface area contributed by atoms with Gasteiger partial charge in [-0.05, 0) is 61.9 Å². The van der Waals surface area contributed by atoms with Crippen molar-refractivity contribution in [3.05, 3.63) is 46.1 Å². The van der Waals surface area contributed by atoms with E-state index in [9.17, 15) is 9.59 Å². The van der Waals surface area contributed by atoms with E-state index >= 15 is 0 Å². The topological polar surface area (TPSA) is 89.2 Å². The highest BCUT2D eigenvalue weighted by Gasteiger charge is 2.25. The Hall–Kier alpha value is -2.78. The van der Waals surface area contributed by atoms with Crippen LogP contribution in [0.25, 0.3) is 15.9 Å². The van der Waals surface area contributed by atoms with E-state index in [0.717, 1.165) is 41.0 Å². The number of hydrogen-bond acceptors (Lipinski definition) is 7. The molecule has 0 radical (unpaired) electrons. The summed E-state index contributed by atoms with van der Waals surface area (Å²) in [5, 5.41) is 13.7. The molecule has 3 heterocycles. The maximum atomic E-state index is 12.5. The van der Waals surface area contributed by atoms with E-state index in [-0.39, 0.29) is 17.4 Å². The van der Waals surface area contributed by atoms with Gasteiger partial charge in [0.05, 0.1) is 11.1 Å². The molecule has 0 saturated heterocycles. The molecule has 1 atom stereocenters. The first-order chi connectivity index (χ1) is 15.9. The van der Waals surface area contributed by atoms with Gasteiger partial charge in [-0.3, -0.25) is 14.0 Å². The SMILES string of the molecule is CCc1nc2sc3c(c2c2nnc(SCC(=O)Nc4ccc(C(C)=O)cc4)n12)CC[C@H](C)C3. The van der Waals surface area contributed by atoms with Gasteiger partial charge in [0.15, 0.2) is 16.6 Å². The lowest BCUT2D eigenvalue weighted by Gasteiger charge is -2.17. The molecule has 33 heavy (non-hydrogen) atoms. The van der Waals surface area contributed by atoms with Crippen LogP contribution in [0.15, 0.2) is 29.4 Å². The van der Waals surface area contributed by atoms with Crippen LogP contribution in [0.3, 0.4) is 0 Å². The third kappa shape index (κ3) is 4.15. The van der Waals surface area contributed by atoms with E-state index in [1.165, 1.54) is 35.5 Å². The molecule has 0 bridgehead atoms. The maximum absolute atomic E-state index is 12.5. The summed E-state index contributed by atoms with van der Waals surface area (Å²) in [7, 11) is 0. The Morgan fingerprint density at radius 1 is 1.24 bits per heavy atom. The highest BCUT2D eigenvalue weighted by Crippen LogP contribution is 2.39. The number of anilines is 1. The van der Waals surface area contributed by atoms with Gasteiger partial charge in [-0.25, -0.2) is 4.98 Å². The number of hydrogen-bond donors (Lipinski definition) is 1. The first kappa shape index (κ1) is 22.0. The minimum Gasteiger partial charge on any atom is -0.325 e. The Bertz CT molecular complexity index is 1370. The lowest BCUT2D eigenvalue weighted by molar-refractivity contribution is -0.113. The van der Waals surface area contributed by atoms with Gasteiger partial charge in [0.25, 0.3) is 0 Å². The molecule has 1 amide bonds. The number of nitrogens with one attached hydrogen (secondary N) is 1. The molecular formula is C24H25N5O2S2. The number of aryl methyl sites for hydroxylation is 2. The van der Waals surface area contributed by atoms with Crippen LogP contribution < -0.4 is 5.32 Å². The van der Waals surface area contributed by atoms with E-state index < -0.39 is 0 Å². The zero-order chi connectivity index (χ0) is 23.1. The predicted molar refractivity (Wildman–Crippen MR) is 133 cm³/mol. The third-order valence-electron chi connectivity index (χ3n) is 6.06. The number of thioether (sulfide) groups is 1. The molecule has 7 nitrogen and oxygen atoms in total. The molecule has 0 saturated carbocycles. The van der Waals surface area contributed by atoms with Gasteiger partial charge < -0.3 is 5.32 Å². The largest absolute Gasteiger partial charge is 0.325 e. The van der Waals surface area contributed by atoms with Gasteiger partial charge in [-0.1, -0.05) is 25.6 Å². The average Bonchev–Trinajstić information content (AvgIpc) is 3.38. The van der Waals surface area contributed by atoms with E-state index in [1.54, 1.807) is 35.6 Å². The molecule has 1 aliphatic carbocycles. The standard InChI is InChI=1S/C24H25N5O2S2/c1-4-19-26-23-21(17-10-5-13(2)11-18(17)33-23)22-27-28-24(29(19)22)32-12-20(31)25-16-8-6-15(7-9-16)14(3)30/h6-9,13H,4-5,10-12H2,1-3H3,(H,25,31)/t13-/m0/s1. The average molecular weight is 480 g/mol. The number of carbonyl (C=O) groups excluding carboxylic acids is 2.